The third kappa shape index (κ3) is 4.83. The number of benzene rings is 2. The Morgan fingerprint density at radius 3 is 2.31 bits per heavy atom. The predicted octanol–water partition coefficient (Wildman–Crippen LogP) is 3.46. The summed E-state index contributed by atoms with van der Waals surface area (Å²) in [5.74, 6) is -1.61. The van der Waals surface area contributed by atoms with Crippen LogP contribution in [0.25, 0.3) is 0 Å². The molecule has 2 aromatic rings. The summed E-state index contributed by atoms with van der Waals surface area (Å²) in [4.78, 5) is 38.6. The molecule has 29 heavy (non-hydrogen) atoms. The smallest absolute Gasteiger partial charge is 0.311 e. The lowest BCUT2D eigenvalue weighted by Crippen LogP contribution is -2.28. The van der Waals surface area contributed by atoms with Crippen LogP contribution in [-0.4, -0.2) is 30.9 Å². The number of esters is 1. The van der Waals surface area contributed by atoms with Gasteiger partial charge in [0.1, 0.15) is 0 Å². The Balaban J connectivity index is 1.57. The van der Waals surface area contributed by atoms with Crippen LogP contribution < -0.4 is 10.2 Å². The number of para-hydroxylation sites is 1. The number of hydrogen-bond donors (Lipinski definition) is 1. The molecule has 0 spiro atoms. The van der Waals surface area contributed by atoms with Gasteiger partial charge in [0.15, 0.2) is 6.61 Å². The molecule has 152 valence electrons. The average Bonchev–Trinajstić information content (AvgIpc) is 3.04. The van der Waals surface area contributed by atoms with Crippen molar-refractivity contribution >= 4 is 29.2 Å². The fourth-order valence-corrected chi connectivity index (χ4v) is 3.66. The number of carbonyl (C=O) groups is 3. The minimum absolute atomic E-state index is 0.0876. The first-order valence-corrected chi connectivity index (χ1v) is 9.66. The van der Waals surface area contributed by atoms with Gasteiger partial charge < -0.3 is 15.0 Å². The molecule has 0 aliphatic carbocycles. The number of ether oxygens (including phenoxy) is 1. The number of aryl methyl sites for hydroxylation is 4. The molecule has 1 aliphatic heterocycles. The van der Waals surface area contributed by atoms with E-state index >= 15 is 0 Å². The largest absolute Gasteiger partial charge is 0.455 e. The van der Waals surface area contributed by atoms with E-state index in [-0.39, 0.29) is 25.5 Å². The molecule has 2 aromatic carbocycles. The molecule has 0 aromatic heterocycles. The number of anilines is 2. The lowest BCUT2D eigenvalue weighted by atomic mass is 10.1. The Kier molecular flexibility index (Phi) is 6.01. The number of amides is 2. The van der Waals surface area contributed by atoms with Crippen LogP contribution in [0.5, 0.6) is 0 Å². The third-order valence-corrected chi connectivity index (χ3v) is 5.07. The number of rotatable bonds is 5. The van der Waals surface area contributed by atoms with Crippen LogP contribution in [0.2, 0.25) is 0 Å². The van der Waals surface area contributed by atoms with E-state index in [1.54, 1.807) is 4.90 Å². The fraction of sp³-hybridized carbons (Fsp3) is 0.348. The highest BCUT2D eigenvalue weighted by atomic mass is 16.5. The molecule has 6 nitrogen and oxygen atoms in total. The molecule has 1 aliphatic rings. The van der Waals surface area contributed by atoms with E-state index in [0.29, 0.717) is 0 Å². The molecule has 3 rings (SSSR count). The topological polar surface area (TPSA) is 75.7 Å². The Labute approximate surface area is 170 Å². The number of nitrogens with zero attached hydrogens (tertiary/aromatic N) is 1. The summed E-state index contributed by atoms with van der Waals surface area (Å²) >= 11 is 0. The Bertz CT molecular complexity index is 927. The van der Waals surface area contributed by atoms with Gasteiger partial charge in [-0.25, -0.2) is 0 Å². The summed E-state index contributed by atoms with van der Waals surface area (Å²) in [6.07, 6.45) is 0.0876. The first-order chi connectivity index (χ1) is 13.7. The molecule has 1 saturated heterocycles. The van der Waals surface area contributed by atoms with Crippen molar-refractivity contribution in [3.63, 3.8) is 0 Å². The molecule has 1 atom stereocenters. The van der Waals surface area contributed by atoms with Gasteiger partial charge in [-0.1, -0.05) is 24.3 Å². The van der Waals surface area contributed by atoms with Crippen molar-refractivity contribution < 1.29 is 19.1 Å². The Hall–Kier alpha value is -3.15. The second-order valence-corrected chi connectivity index (χ2v) is 7.67. The highest BCUT2D eigenvalue weighted by Gasteiger charge is 2.36. The Morgan fingerprint density at radius 2 is 1.69 bits per heavy atom. The molecule has 0 radical (unpaired) electrons. The van der Waals surface area contributed by atoms with Gasteiger partial charge in [0, 0.05) is 24.3 Å². The standard InChI is InChI=1S/C23H26N2O4/c1-14-8-15(2)10-19(9-14)25-12-18(11-21(25)27)23(28)29-13-20(26)24-22-16(3)6-5-7-17(22)4/h5-10,18H,11-13H2,1-4H3,(H,24,26)/t18-/m0/s1. The van der Waals surface area contributed by atoms with E-state index in [1.807, 2.05) is 64.1 Å². The summed E-state index contributed by atoms with van der Waals surface area (Å²) in [6.45, 7) is 7.63. The van der Waals surface area contributed by atoms with Gasteiger partial charge in [0.25, 0.3) is 5.91 Å². The van der Waals surface area contributed by atoms with Gasteiger partial charge >= 0.3 is 5.97 Å². The van der Waals surface area contributed by atoms with E-state index in [2.05, 4.69) is 5.32 Å². The van der Waals surface area contributed by atoms with Gasteiger partial charge in [-0.15, -0.1) is 0 Å². The lowest BCUT2D eigenvalue weighted by Gasteiger charge is -2.18. The molecule has 0 bridgehead atoms. The van der Waals surface area contributed by atoms with Crippen molar-refractivity contribution in [2.75, 3.05) is 23.4 Å². The minimum Gasteiger partial charge on any atom is -0.455 e. The van der Waals surface area contributed by atoms with Crippen LogP contribution in [0, 0.1) is 33.6 Å². The van der Waals surface area contributed by atoms with E-state index < -0.39 is 17.8 Å². The second kappa shape index (κ2) is 8.47. The van der Waals surface area contributed by atoms with Crippen LogP contribution >= 0.6 is 0 Å². The van der Waals surface area contributed by atoms with E-state index in [4.69, 9.17) is 4.74 Å². The van der Waals surface area contributed by atoms with Crippen molar-refractivity contribution in [3.8, 4) is 0 Å². The van der Waals surface area contributed by atoms with Crippen LogP contribution in [0.15, 0.2) is 36.4 Å². The van der Waals surface area contributed by atoms with Crippen LogP contribution in [0.4, 0.5) is 11.4 Å². The summed E-state index contributed by atoms with van der Waals surface area (Å²) in [6, 6.07) is 11.6. The van der Waals surface area contributed by atoms with Crippen molar-refractivity contribution in [1.82, 2.24) is 0 Å². The van der Waals surface area contributed by atoms with Gasteiger partial charge in [-0.2, -0.15) is 0 Å². The third-order valence-electron chi connectivity index (χ3n) is 5.07. The number of carbonyl (C=O) groups excluding carboxylic acids is 3. The maximum atomic E-state index is 12.4. The van der Waals surface area contributed by atoms with Crippen LogP contribution in [-0.2, 0) is 19.1 Å². The number of hydrogen-bond acceptors (Lipinski definition) is 4. The zero-order valence-electron chi connectivity index (χ0n) is 17.2. The lowest BCUT2D eigenvalue weighted by molar-refractivity contribution is -0.151. The molecular formula is C23H26N2O4. The van der Waals surface area contributed by atoms with Crippen LogP contribution in [0.1, 0.15) is 28.7 Å². The molecule has 1 N–H and O–H groups in total. The van der Waals surface area contributed by atoms with E-state index in [0.717, 1.165) is 33.6 Å². The minimum atomic E-state index is -0.573. The van der Waals surface area contributed by atoms with Crippen molar-refractivity contribution in [2.45, 2.75) is 34.1 Å². The highest BCUT2D eigenvalue weighted by molar-refractivity contribution is 6.00. The van der Waals surface area contributed by atoms with Gasteiger partial charge in [0.05, 0.1) is 5.92 Å². The highest BCUT2D eigenvalue weighted by Crippen LogP contribution is 2.27. The molecule has 1 fully saturated rings. The average molecular weight is 394 g/mol. The van der Waals surface area contributed by atoms with Crippen molar-refractivity contribution in [2.24, 2.45) is 5.92 Å². The maximum absolute atomic E-state index is 12.4. The summed E-state index contributed by atoms with van der Waals surface area (Å²) in [5.41, 5.74) is 5.51. The first-order valence-electron chi connectivity index (χ1n) is 9.66. The van der Waals surface area contributed by atoms with Gasteiger partial charge in [-0.3, -0.25) is 14.4 Å². The monoisotopic (exact) mass is 394 g/mol. The molecular weight excluding hydrogens is 368 g/mol. The normalized spacial score (nSPS) is 16.1. The molecule has 1 heterocycles. The second-order valence-electron chi connectivity index (χ2n) is 7.67. The quantitative estimate of drug-likeness (QED) is 0.788. The predicted molar refractivity (Wildman–Crippen MR) is 112 cm³/mol. The van der Waals surface area contributed by atoms with Gasteiger partial charge in [-0.05, 0) is 62.1 Å². The molecule has 0 saturated carbocycles. The molecule has 2 amide bonds. The maximum Gasteiger partial charge on any atom is 0.311 e. The number of nitrogens with one attached hydrogen (secondary N) is 1. The molecule has 0 unspecified atom stereocenters. The summed E-state index contributed by atoms with van der Waals surface area (Å²) in [5, 5.41) is 2.79. The SMILES string of the molecule is Cc1cc(C)cc(N2C[C@@H](C(=O)OCC(=O)Nc3c(C)cccc3C)CC2=O)c1. The summed E-state index contributed by atoms with van der Waals surface area (Å²) in [7, 11) is 0. The van der Waals surface area contributed by atoms with Crippen LogP contribution in [0.3, 0.4) is 0 Å². The first kappa shape index (κ1) is 20.6. The van der Waals surface area contributed by atoms with Gasteiger partial charge in [0.2, 0.25) is 5.91 Å². The van der Waals surface area contributed by atoms with Crippen molar-refractivity contribution in [1.29, 1.82) is 0 Å². The Morgan fingerprint density at radius 1 is 1.07 bits per heavy atom. The zero-order chi connectivity index (χ0) is 21.1. The van der Waals surface area contributed by atoms with Crippen molar-refractivity contribution in [3.05, 3.63) is 58.7 Å². The van der Waals surface area contributed by atoms with E-state index in [9.17, 15) is 14.4 Å². The zero-order valence-corrected chi connectivity index (χ0v) is 17.2. The van der Waals surface area contributed by atoms with E-state index in [1.165, 1.54) is 0 Å². The fourth-order valence-electron chi connectivity index (χ4n) is 3.66. The summed E-state index contributed by atoms with van der Waals surface area (Å²) < 4.78 is 5.19. The molecule has 6 heteroatoms.